The SMILES string of the molecule is Cc1cc(CC(=O)Nc2cc(Cl)ccc2N2CCCC(C)C2)on1. The summed E-state index contributed by atoms with van der Waals surface area (Å²) < 4.78 is 5.11. The van der Waals surface area contributed by atoms with Gasteiger partial charge in [0.1, 0.15) is 5.76 Å². The lowest BCUT2D eigenvalue weighted by molar-refractivity contribution is -0.115. The average molecular weight is 348 g/mol. The molecule has 128 valence electrons. The number of nitrogens with one attached hydrogen (secondary N) is 1. The van der Waals surface area contributed by atoms with E-state index in [1.807, 2.05) is 19.1 Å². The summed E-state index contributed by atoms with van der Waals surface area (Å²) in [6, 6.07) is 7.42. The van der Waals surface area contributed by atoms with Crippen LogP contribution in [0.5, 0.6) is 0 Å². The van der Waals surface area contributed by atoms with Gasteiger partial charge in [-0.15, -0.1) is 0 Å². The van der Waals surface area contributed by atoms with E-state index in [2.05, 4.69) is 22.3 Å². The summed E-state index contributed by atoms with van der Waals surface area (Å²) in [7, 11) is 0. The van der Waals surface area contributed by atoms with E-state index in [1.165, 1.54) is 6.42 Å². The van der Waals surface area contributed by atoms with Crippen molar-refractivity contribution in [1.82, 2.24) is 5.16 Å². The zero-order valence-corrected chi connectivity index (χ0v) is 14.8. The molecule has 3 rings (SSSR count). The van der Waals surface area contributed by atoms with Crippen LogP contribution in [0.2, 0.25) is 5.02 Å². The highest BCUT2D eigenvalue weighted by molar-refractivity contribution is 6.31. The molecule has 6 heteroatoms. The highest BCUT2D eigenvalue weighted by Crippen LogP contribution is 2.32. The van der Waals surface area contributed by atoms with E-state index in [-0.39, 0.29) is 12.3 Å². The van der Waals surface area contributed by atoms with Crippen LogP contribution in [0, 0.1) is 12.8 Å². The Kier molecular flexibility index (Phi) is 5.09. The van der Waals surface area contributed by atoms with Crippen LogP contribution in [0.25, 0.3) is 0 Å². The smallest absolute Gasteiger partial charge is 0.232 e. The Morgan fingerprint density at radius 1 is 1.46 bits per heavy atom. The second-order valence-corrected chi connectivity index (χ2v) is 6.95. The Morgan fingerprint density at radius 2 is 2.29 bits per heavy atom. The van der Waals surface area contributed by atoms with Crippen molar-refractivity contribution in [2.45, 2.75) is 33.1 Å². The van der Waals surface area contributed by atoms with Gasteiger partial charge >= 0.3 is 0 Å². The molecule has 1 unspecified atom stereocenters. The van der Waals surface area contributed by atoms with E-state index in [0.717, 1.165) is 36.6 Å². The van der Waals surface area contributed by atoms with E-state index >= 15 is 0 Å². The predicted octanol–water partition coefficient (Wildman–Crippen LogP) is 4.05. The first-order chi connectivity index (χ1) is 11.5. The number of amides is 1. The number of rotatable bonds is 4. The van der Waals surface area contributed by atoms with Crippen molar-refractivity contribution >= 4 is 28.9 Å². The van der Waals surface area contributed by atoms with Crippen molar-refractivity contribution in [3.63, 3.8) is 0 Å². The predicted molar refractivity (Wildman–Crippen MR) is 95.6 cm³/mol. The topological polar surface area (TPSA) is 58.4 Å². The van der Waals surface area contributed by atoms with Gasteiger partial charge in [0.2, 0.25) is 5.91 Å². The maximum Gasteiger partial charge on any atom is 0.232 e. The van der Waals surface area contributed by atoms with Crippen LogP contribution < -0.4 is 10.2 Å². The molecule has 0 bridgehead atoms. The molecule has 2 heterocycles. The van der Waals surface area contributed by atoms with Crippen molar-refractivity contribution in [2.75, 3.05) is 23.3 Å². The third-order valence-corrected chi connectivity index (χ3v) is 4.48. The van der Waals surface area contributed by atoms with Gasteiger partial charge in [0, 0.05) is 24.2 Å². The van der Waals surface area contributed by atoms with Crippen LogP contribution in [-0.2, 0) is 11.2 Å². The third kappa shape index (κ3) is 4.09. The molecule has 1 fully saturated rings. The van der Waals surface area contributed by atoms with Gasteiger partial charge in [-0.25, -0.2) is 0 Å². The maximum absolute atomic E-state index is 12.3. The number of anilines is 2. The fourth-order valence-corrected chi connectivity index (χ4v) is 3.32. The molecule has 1 N–H and O–H groups in total. The van der Waals surface area contributed by atoms with Gasteiger partial charge in [-0.2, -0.15) is 0 Å². The third-order valence-electron chi connectivity index (χ3n) is 4.24. The Balaban J connectivity index is 1.76. The largest absolute Gasteiger partial charge is 0.370 e. The van der Waals surface area contributed by atoms with E-state index in [4.69, 9.17) is 16.1 Å². The van der Waals surface area contributed by atoms with Crippen LogP contribution in [-0.4, -0.2) is 24.2 Å². The summed E-state index contributed by atoms with van der Waals surface area (Å²) in [5.74, 6) is 1.06. The van der Waals surface area contributed by atoms with Crippen molar-refractivity contribution in [3.05, 3.63) is 40.7 Å². The summed E-state index contributed by atoms with van der Waals surface area (Å²) >= 11 is 6.13. The monoisotopic (exact) mass is 347 g/mol. The van der Waals surface area contributed by atoms with Gasteiger partial charge < -0.3 is 14.7 Å². The molecule has 1 aromatic carbocycles. The average Bonchev–Trinajstić information content (AvgIpc) is 2.92. The minimum atomic E-state index is -0.139. The number of carbonyl (C=O) groups is 1. The fourth-order valence-electron chi connectivity index (χ4n) is 3.14. The van der Waals surface area contributed by atoms with Crippen LogP contribution in [0.4, 0.5) is 11.4 Å². The summed E-state index contributed by atoms with van der Waals surface area (Å²) in [6.45, 7) is 6.08. The van der Waals surface area contributed by atoms with Gasteiger partial charge in [-0.3, -0.25) is 4.79 Å². The van der Waals surface area contributed by atoms with Crippen molar-refractivity contribution in [1.29, 1.82) is 0 Å². The minimum Gasteiger partial charge on any atom is -0.370 e. The molecule has 0 radical (unpaired) electrons. The van der Waals surface area contributed by atoms with Crippen LogP contribution >= 0.6 is 11.6 Å². The molecule has 1 aliphatic heterocycles. The number of aromatic nitrogens is 1. The van der Waals surface area contributed by atoms with Crippen LogP contribution in [0.3, 0.4) is 0 Å². The molecule has 1 aromatic heterocycles. The molecule has 0 saturated carbocycles. The lowest BCUT2D eigenvalue weighted by Gasteiger charge is -2.34. The van der Waals surface area contributed by atoms with Gasteiger partial charge in [-0.05, 0) is 43.9 Å². The Labute approximate surface area is 147 Å². The number of halogens is 1. The molecular formula is C18H22ClN3O2. The number of nitrogens with zero attached hydrogens (tertiary/aromatic N) is 2. The first kappa shape index (κ1) is 16.8. The zero-order valence-electron chi connectivity index (χ0n) is 14.0. The molecule has 1 amide bonds. The molecule has 1 atom stereocenters. The summed E-state index contributed by atoms with van der Waals surface area (Å²) in [6.07, 6.45) is 2.56. The standard InChI is InChI=1S/C18H22ClN3O2/c1-12-4-3-7-22(11-12)17-6-5-14(19)9-16(17)20-18(23)10-15-8-13(2)21-24-15/h5-6,8-9,12H,3-4,7,10-11H2,1-2H3,(H,20,23). The summed E-state index contributed by atoms with van der Waals surface area (Å²) in [5, 5.41) is 7.38. The van der Waals surface area contributed by atoms with Gasteiger partial charge in [0.25, 0.3) is 0 Å². The number of benzene rings is 1. The summed E-state index contributed by atoms with van der Waals surface area (Å²) in [4.78, 5) is 14.7. The molecule has 2 aromatic rings. The molecular weight excluding hydrogens is 326 g/mol. The molecule has 0 aliphatic carbocycles. The number of carbonyl (C=O) groups excluding carboxylic acids is 1. The van der Waals surface area contributed by atoms with Crippen molar-refractivity contribution < 1.29 is 9.32 Å². The first-order valence-electron chi connectivity index (χ1n) is 8.28. The van der Waals surface area contributed by atoms with E-state index in [9.17, 15) is 4.79 Å². The molecule has 24 heavy (non-hydrogen) atoms. The number of hydrogen-bond acceptors (Lipinski definition) is 4. The molecule has 1 aliphatic rings. The Hall–Kier alpha value is -2.01. The van der Waals surface area contributed by atoms with Crippen molar-refractivity contribution in [3.8, 4) is 0 Å². The highest BCUT2D eigenvalue weighted by Gasteiger charge is 2.20. The number of hydrogen-bond donors (Lipinski definition) is 1. The lowest BCUT2D eigenvalue weighted by Crippen LogP contribution is -2.35. The second kappa shape index (κ2) is 7.26. The second-order valence-electron chi connectivity index (χ2n) is 6.51. The molecule has 0 spiro atoms. The van der Waals surface area contributed by atoms with E-state index < -0.39 is 0 Å². The van der Waals surface area contributed by atoms with Crippen molar-refractivity contribution in [2.24, 2.45) is 5.92 Å². The van der Waals surface area contributed by atoms with Gasteiger partial charge in [-0.1, -0.05) is 23.7 Å². The number of piperidine rings is 1. The normalized spacial score (nSPS) is 17.8. The lowest BCUT2D eigenvalue weighted by atomic mass is 9.99. The Morgan fingerprint density at radius 3 is 3.00 bits per heavy atom. The molecule has 5 nitrogen and oxygen atoms in total. The zero-order chi connectivity index (χ0) is 17.1. The van der Waals surface area contributed by atoms with E-state index in [1.54, 1.807) is 12.1 Å². The minimum absolute atomic E-state index is 0.139. The maximum atomic E-state index is 12.3. The van der Waals surface area contributed by atoms with Crippen LogP contribution in [0.1, 0.15) is 31.2 Å². The Bertz CT molecular complexity index is 729. The van der Waals surface area contributed by atoms with E-state index in [0.29, 0.717) is 16.7 Å². The highest BCUT2D eigenvalue weighted by atomic mass is 35.5. The number of aryl methyl sites for hydroxylation is 1. The van der Waals surface area contributed by atoms with Gasteiger partial charge in [0.15, 0.2) is 0 Å². The van der Waals surface area contributed by atoms with Crippen LogP contribution in [0.15, 0.2) is 28.8 Å². The summed E-state index contributed by atoms with van der Waals surface area (Å²) in [5.41, 5.74) is 2.54. The quantitative estimate of drug-likeness (QED) is 0.906. The van der Waals surface area contributed by atoms with Gasteiger partial charge in [0.05, 0.1) is 23.5 Å². The molecule has 1 saturated heterocycles. The first-order valence-corrected chi connectivity index (χ1v) is 8.65. The fraction of sp³-hybridized carbons (Fsp3) is 0.444.